The Morgan fingerprint density at radius 3 is 1.26 bits per heavy atom. The molecule has 5 rings (SSSR count). The number of nitro groups is 4. The highest BCUT2D eigenvalue weighted by Crippen LogP contribution is 2.31. The van der Waals surface area contributed by atoms with Crippen molar-refractivity contribution in [1.29, 1.82) is 0 Å². The lowest BCUT2D eigenvalue weighted by atomic mass is 10.1. The predicted octanol–water partition coefficient (Wildman–Crippen LogP) is 4.78. The van der Waals surface area contributed by atoms with Crippen LogP contribution >= 0.6 is 0 Å². The highest BCUT2D eigenvalue weighted by Gasteiger charge is 2.23. The summed E-state index contributed by atoms with van der Waals surface area (Å²) in [5, 5.41) is 50.9. The van der Waals surface area contributed by atoms with E-state index in [1.165, 1.54) is 0 Å². The zero-order chi connectivity index (χ0) is 33.1. The van der Waals surface area contributed by atoms with Gasteiger partial charge in [0, 0.05) is 22.9 Å². The van der Waals surface area contributed by atoms with Crippen molar-refractivity contribution < 1.29 is 29.3 Å². The molecule has 18 heteroatoms. The summed E-state index contributed by atoms with van der Waals surface area (Å²) in [5.74, 6) is -1.34. The van der Waals surface area contributed by atoms with Crippen LogP contribution < -0.4 is 10.6 Å². The highest BCUT2D eigenvalue weighted by atomic mass is 16.6. The molecule has 0 aliphatic carbocycles. The summed E-state index contributed by atoms with van der Waals surface area (Å²) >= 11 is 0. The summed E-state index contributed by atoms with van der Waals surface area (Å²) in [6, 6.07) is 15.7. The number of amides is 2. The molecule has 18 nitrogen and oxygen atoms in total. The molecule has 2 N–H and O–H groups in total. The SMILES string of the molecule is O=C(Cc1ccc2ccc3ccc(CC(=O)Nc4ccc([N+](=O)[O-])cc4[N+](=O)[O-])nc3c2n1)Nc1ccc([N+](=O)[O-])cc1[N+](=O)[O-]. The van der Waals surface area contributed by atoms with Gasteiger partial charge in [-0.1, -0.05) is 24.3 Å². The molecule has 2 amide bonds. The molecule has 0 unspecified atom stereocenters. The maximum absolute atomic E-state index is 12.8. The van der Waals surface area contributed by atoms with E-state index in [1.54, 1.807) is 36.4 Å². The number of anilines is 2. The van der Waals surface area contributed by atoms with Gasteiger partial charge in [0.1, 0.15) is 11.4 Å². The van der Waals surface area contributed by atoms with E-state index in [-0.39, 0.29) is 35.6 Å². The summed E-state index contributed by atoms with van der Waals surface area (Å²) in [6.07, 6.45) is -0.618. The molecule has 0 spiro atoms. The maximum atomic E-state index is 12.8. The second kappa shape index (κ2) is 12.3. The number of carbonyl (C=O) groups is 2. The quantitative estimate of drug-likeness (QED) is 0.121. The molecule has 46 heavy (non-hydrogen) atoms. The Morgan fingerprint density at radius 2 is 0.913 bits per heavy atom. The van der Waals surface area contributed by atoms with E-state index < -0.39 is 54.3 Å². The first-order valence-corrected chi connectivity index (χ1v) is 13.0. The average molecular weight is 626 g/mol. The molecule has 230 valence electrons. The topological polar surface area (TPSA) is 257 Å². The van der Waals surface area contributed by atoms with Crippen LogP contribution in [0.5, 0.6) is 0 Å². The van der Waals surface area contributed by atoms with Crippen LogP contribution in [0.15, 0.2) is 72.8 Å². The van der Waals surface area contributed by atoms with E-state index in [4.69, 9.17) is 0 Å². The Balaban J connectivity index is 1.37. The third-order valence-corrected chi connectivity index (χ3v) is 6.64. The first kappa shape index (κ1) is 30.5. The van der Waals surface area contributed by atoms with Gasteiger partial charge in [-0.25, -0.2) is 9.97 Å². The van der Waals surface area contributed by atoms with Gasteiger partial charge in [-0.3, -0.25) is 50.0 Å². The summed E-state index contributed by atoms with van der Waals surface area (Å²) in [6.45, 7) is 0. The number of carbonyl (C=O) groups excluding carboxylic acids is 2. The smallest absolute Gasteiger partial charge is 0.299 e. The van der Waals surface area contributed by atoms with Crippen LogP contribution in [0.1, 0.15) is 11.4 Å². The van der Waals surface area contributed by atoms with Crippen LogP contribution in [0.3, 0.4) is 0 Å². The first-order valence-electron chi connectivity index (χ1n) is 13.0. The fourth-order valence-electron chi connectivity index (χ4n) is 4.54. The number of aromatic nitrogens is 2. The number of rotatable bonds is 10. The predicted molar refractivity (Wildman–Crippen MR) is 161 cm³/mol. The van der Waals surface area contributed by atoms with Crippen LogP contribution in [0.2, 0.25) is 0 Å². The molecule has 2 aromatic heterocycles. The van der Waals surface area contributed by atoms with Crippen LogP contribution in [-0.4, -0.2) is 41.5 Å². The third kappa shape index (κ3) is 6.49. The average Bonchev–Trinajstić information content (AvgIpc) is 3.00. The van der Waals surface area contributed by atoms with E-state index in [9.17, 15) is 50.0 Å². The Kier molecular flexibility index (Phi) is 8.17. The minimum Gasteiger partial charge on any atom is -0.320 e. The molecule has 0 radical (unpaired) electrons. The molecule has 0 saturated carbocycles. The zero-order valence-electron chi connectivity index (χ0n) is 23.1. The molecular weight excluding hydrogens is 608 g/mol. The van der Waals surface area contributed by atoms with Crippen molar-refractivity contribution in [1.82, 2.24) is 9.97 Å². The number of non-ortho nitro benzene ring substituents is 2. The number of pyridine rings is 2. The highest BCUT2D eigenvalue weighted by molar-refractivity contribution is 6.03. The number of hydrogen-bond donors (Lipinski definition) is 2. The van der Waals surface area contributed by atoms with Crippen molar-refractivity contribution >= 4 is 67.7 Å². The van der Waals surface area contributed by atoms with Crippen LogP contribution in [0.4, 0.5) is 34.1 Å². The van der Waals surface area contributed by atoms with Gasteiger partial charge in [0.2, 0.25) is 11.8 Å². The summed E-state index contributed by atoms with van der Waals surface area (Å²) in [5.41, 5.74) is -1.45. The Labute approximate surface area is 255 Å². The number of nitro benzene ring substituents is 4. The fourth-order valence-corrected chi connectivity index (χ4v) is 4.54. The lowest BCUT2D eigenvalue weighted by molar-refractivity contribution is -0.393. The van der Waals surface area contributed by atoms with Gasteiger partial charge in [0.05, 0.1) is 67.1 Å². The molecule has 0 aliphatic rings. The van der Waals surface area contributed by atoms with Crippen molar-refractivity contribution in [3.63, 3.8) is 0 Å². The van der Waals surface area contributed by atoms with Gasteiger partial charge in [-0.15, -0.1) is 0 Å². The molecule has 5 aromatic rings. The number of nitrogens with one attached hydrogen (secondary N) is 2. The zero-order valence-corrected chi connectivity index (χ0v) is 23.1. The third-order valence-electron chi connectivity index (χ3n) is 6.64. The summed E-state index contributed by atoms with van der Waals surface area (Å²) in [7, 11) is 0. The summed E-state index contributed by atoms with van der Waals surface area (Å²) in [4.78, 5) is 76.1. The van der Waals surface area contributed by atoms with Gasteiger partial charge in [0.25, 0.3) is 22.7 Å². The van der Waals surface area contributed by atoms with E-state index in [0.717, 1.165) is 36.4 Å². The minimum absolute atomic E-state index is 0.226. The number of fused-ring (bicyclic) bond motifs is 3. The standard InChI is InChI=1S/C28H18N8O10/c37-25(31-21-9-7-19(33(39)40)13-23(21)35(43)44)11-17-5-3-15-1-2-16-4-6-18(30-28(16)27(15)29-17)12-26(38)32-22-10-8-20(34(41)42)14-24(22)36(45)46/h1-10,13-14H,11-12H2,(H,31,37)(H,32,38). The molecule has 0 atom stereocenters. The van der Waals surface area contributed by atoms with Crippen LogP contribution in [0, 0.1) is 40.5 Å². The van der Waals surface area contributed by atoms with E-state index >= 15 is 0 Å². The minimum atomic E-state index is -0.848. The largest absolute Gasteiger partial charge is 0.320 e. The molecule has 0 fully saturated rings. The second-order valence-corrected chi connectivity index (χ2v) is 9.70. The first-order chi connectivity index (χ1) is 21.9. The Hall–Kier alpha value is -6.98. The molecule has 0 aliphatic heterocycles. The number of hydrogen-bond acceptors (Lipinski definition) is 12. The maximum Gasteiger partial charge on any atom is 0.299 e. The number of nitrogens with zero attached hydrogens (tertiary/aromatic N) is 6. The van der Waals surface area contributed by atoms with Gasteiger partial charge < -0.3 is 10.6 Å². The van der Waals surface area contributed by atoms with E-state index in [1.807, 2.05) is 0 Å². The molecule has 0 saturated heterocycles. The fraction of sp³-hybridized carbons (Fsp3) is 0.0714. The number of benzene rings is 3. The van der Waals surface area contributed by atoms with Crippen molar-refractivity contribution in [2.24, 2.45) is 0 Å². The molecule has 0 bridgehead atoms. The Morgan fingerprint density at radius 1 is 0.543 bits per heavy atom. The summed E-state index contributed by atoms with van der Waals surface area (Å²) < 4.78 is 0. The normalized spacial score (nSPS) is 10.8. The van der Waals surface area contributed by atoms with Gasteiger partial charge in [-0.05, 0) is 24.3 Å². The van der Waals surface area contributed by atoms with Gasteiger partial charge in [-0.2, -0.15) is 0 Å². The van der Waals surface area contributed by atoms with Crippen molar-refractivity contribution in [2.75, 3.05) is 10.6 Å². The lowest BCUT2D eigenvalue weighted by Crippen LogP contribution is -2.16. The van der Waals surface area contributed by atoms with Gasteiger partial charge in [0.15, 0.2) is 0 Å². The van der Waals surface area contributed by atoms with E-state index in [0.29, 0.717) is 21.8 Å². The molecule has 2 heterocycles. The monoisotopic (exact) mass is 626 g/mol. The van der Waals surface area contributed by atoms with Crippen molar-refractivity contribution in [3.8, 4) is 0 Å². The molecular formula is C28H18N8O10. The van der Waals surface area contributed by atoms with Crippen LogP contribution in [0.25, 0.3) is 21.8 Å². The Bertz CT molecular complexity index is 1990. The van der Waals surface area contributed by atoms with E-state index in [2.05, 4.69) is 20.6 Å². The van der Waals surface area contributed by atoms with Gasteiger partial charge >= 0.3 is 0 Å². The lowest BCUT2D eigenvalue weighted by Gasteiger charge is -2.09. The van der Waals surface area contributed by atoms with Crippen molar-refractivity contribution in [3.05, 3.63) is 125 Å². The second-order valence-electron chi connectivity index (χ2n) is 9.70. The van der Waals surface area contributed by atoms with Crippen LogP contribution in [-0.2, 0) is 22.4 Å². The van der Waals surface area contributed by atoms with Crippen molar-refractivity contribution in [2.45, 2.75) is 12.8 Å². The molecule has 3 aromatic carbocycles.